The van der Waals surface area contributed by atoms with Gasteiger partial charge in [-0.15, -0.1) is 0 Å². The van der Waals surface area contributed by atoms with Crippen molar-refractivity contribution in [3.8, 4) is 5.75 Å². The van der Waals surface area contributed by atoms with Crippen LogP contribution in [0.1, 0.15) is 29.3 Å². The molecule has 1 N–H and O–H groups in total. The molecule has 24 heavy (non-hydrogen) atoms. The maximum atomic E-state index is 12.0. The molecule has 0 aliphatic rings. The number of hydrogen-bond acceptors (Lipinski definition) is 3. The molecule has 0 unspecified atom stereocenters. The Morgan fingerprint density at radius 3 is 2.54 bits per heavy atom. The summed E-state index contributed by atoms with van der Waals surface area (Å²) in [7, 11) is 0. The van der Waals surface area contributed by atoms with E-state index in [-0.39, 0.29) is 24.8 Å². The normalized spacial score (nSPS) is 10.2. The predicted octanol–water partition coefficient (Wildman–Crippen LogP) is 3.67. The van der Waals surface area contributed by atoms with E-state index in [4.69, 9.17) is 16.3 Å². The van der Waals surface area contributed by atoms with Crippen LogP contribution in [0.5, 0.6) is 5.75 Å². The van der Waals surface area contributed by atoms with E-state index in [0.717, 1.165) is 12.8 Å². The largest absolute Gasteiger partial charge is 0.484 e. The number of benzene rings is 2. The zero-order chi connectivity index (χ0) is 17.4. The minimum Gasteiger partial charge on any atom is -0.484 e. The molecule has 0 saturated carbocycles. The Morgan fingerprint density at radius 1 is 1.12 bits per heavy atom. The SMILES string of the molecule is CCCc1ccc(OCC(=O)NCC(=O)c2cccc(Cl)c2)cc1. The van der Waals surface area contributed by atoms with Crippen molar-refractivity contribution in [1.29, 1.82) is 0 Å². The fourth-order valence-corrected chi connectivity index (χ4v) is 2.37. The number of carbonyl (C=O) groups is 2. The first kappa shape index (κ1) is 18.0. The molecule has 2 aromatic rings. The fraction of sp³-hybridized carbons (Fsp3) is 0.263. The minimum atomic E-state index is -0.344. The lowest BCUT2D eigenvalue weighted by Crippen LogP contribution is -2.33. The van der Waals surface area contributed by atoms with Crippen molar-refractivity contribution in [2.24, 2.45) is 0 Å². The number of aryl methyl sites for hydroxylation is 1. The summed E-state index contributed by atoms with van der Waals surface area (Å²) in [4.78, 5) is 23.7. The zero-order valence-electron chi connectivity index (χ0n) is 13.5. The van der Waals surface area contributed by atoms with Gasteiger partial charge >= 0.3 is 0 Å². The molecule has 126 valence electrons. The van der Waals surface area contributed by atoms with Gasteiger partial charge in [0, 0.05) is 10.6 Å². The number of hydrogen-bond donors (Lipinski definition) is 1. The van der Waals surface area contributed by atoms with Gasteiger partial charge in [0.15, 0.2) is 12.4 Å². The van der Waals surface area contributed by atoms with E-state index >= 15 is 0 Å². The van der Waals surface area contributed by atoms with Crippen LogP contribution in [-0.4, -0.2) is 24.8 Å². The van der Waals surface area contributed by atoms with Crippen molar-refractivity contribution < 1.29 is 14.3 Å². The van der Waals surface area contributed by atoms with Gasteiger partial charge in [-0.2, -0.15) is 0 Å². The number of Topliss-reactive ketones (excluding diaryl/α,β-unsaturated/α-hetero) is 1. The molecule has 0 aromatic heterocycles. The minimum absolute atomic E-state index is 0.0853. The molecule has 0 bridgehead atoms. The monoisotopic (exact) mass is 345 g/mol. The highest BCUT2D eigenvalue weighted by Gasteiger charge is 2.09. The van der Waals surface area contributed by atoms with Crippen molar-refractivity contribution in [3.05, 3.63) is 64.7 Å². The Hall–Kier alpha value is -2.33. The lowest BCUT2D eigenvalue weighted by molar-refractivity contribution is -0.122. The first-order chi connectivity index (χ1) is 11.6. The van der Waals surface area contributed by atoms with Gasteiger partial charge in [0.1, 0.15) is 5.75 Å². The topological polar surface area (TPSA) is 55.4 Å². The van der Waals surface area contributed by atoms with Gasteiger partial charge in [-0.3, -0.25) is 9.59 Å². The van der Waals surface area contributed by atoms with Gasteiger partial charge in [-0.05, 0) is 36.2 Å². The van der Waals surface area contributed by atoms with E-state index in [1.165, 1.54) is 5.56 Å². The van der Waals surface area contributed by atoms with Crippen LogP contribution in [-0.2, 0) is 11.2 Å². The maximum Gasteiger partial charge on any atom is 0.258 e. The Labute approximate surface area is 146 Å². The Balaban J connectivity index is 1.76. The van der Waals surface area contributed by atoms with E-state index in [9.17, 15) is 9.59 Å². The van der Waals surface area contributed by atoms with Crippen molar-refractivity contribution in [3.63, 3.8) is 0 Å². The zero-order valence-corrected chi connectivity index (χ0v) is 14.3. The molecule has 2 aromatic carbocycles. The Kier molecular flexibility index (Phi) is 6.82. The van der Waals surface area contributed by atoms with Crippen LogP contribution in [0.15, 0.2) is 48.5 Å². The molecule has 0 saturated heterocycles. The quantitative estimate of drug-likeness (QED) is 0.743. The van der Waals surface area contributed by atoms with Crippen molar-refractivity contribution in [2.75, 3.05) is 13.2 Å². The Bertz CT molecular complexity index is 698. The summed E-state index contributed by atoms with van der Waals surface area (Å²) in [5, 5.41) is 3.03. The van der Waals surface area contributed by atoms with Crippen LogP contribution in [0, 0.1) is 0 Å². The summed E-state index contributed by atoms with van der Waals surface area (Å²) < 4.78 is 5.41. The average Bonchev–Trinajstić information content (AvgIpc) is 2.59. The van der Waals surface area contributed by atoms with E-state index in [0.29, 0.717) is 16.3 Å². The first-order valence-electron chi connectivity index (χ1n) is 7.85. The fourth-order valence-electron chi connectivity index (χ4n) is 2.18. The number of halogens is 1. The van der Waals surface area contributed by atoms with Crippen LogP contribution in [0.3, 0.4) is 0 Å². The number of ketones is 1. The summed E-state index contributed by atoms with van der Waals surface area (Å²) >= 11 is 5.84. The lowest BCUT2D eigenvalue weighted by atomic mass is 10.1. The van der Waals surface area contributed by atoms with Crippen LogP contribution in [0.2, 0.25) is 5.02 Å². The van der Waals surface area contributed by atoms with Crippen LogP contribution < -0.4 is 10.1 Å². The first-order valence-corrected chi connectivity index (χ1v) is 8.23. The van der Waals surface area contributed by atoms with Crippen LogP contribution in [0.25, 0.3) is 0 Å². The number of carbonyl (C=O) groups excluding carboxylic acids is 2. The molecule has 0 heterocycles. The molecule has 4 nitrogen and oxygen atoms in total. The summed E-state index contributed by atoms with van der Waals surface area (Å²) in [5.74, 6) is 0.0870. The van der Waals surface area contributed by atoms with E-state index in [1.54, 1.807) is 24.3 Å². The van der Waals surface area contributed by atoms with Gasteiger partial charge in [0.2, 0.25) is 0 Å². The average molecular weight is 346 g/mol. The molecule has 5 heteroatoms. The molecule has 0 aliphatic carbocycles. The highest BCUT2D eigenvalue weighted by atomic mass is 35.5. The van der Waals surface area contributed by atoms with Crippen LogP contribution >= 0.6 is 11.6 Å². The summed E-state index contributed by atoms with van der Waals surface area (Å²) in [6, 6.07) is 14.3. The summed E-state index contributed by atoms with van der Waals surface area (Å²) in [6.07, 6.45) is 2.11. The number of rotatable bonds is 8. The van der Waals surface area contributed by atoms with Crippen LogP contribution in [0.4, 0.5) is 0 Å². The highest BCUT2D eigenvalue weighted by molar-refractivity contribution is 6.31. The molecule has 0 fully saturated rings. The van der Waals surface area contributed by atoms with Gasteiger partial charge in [-0.25, -0.2) is 0 Å². The lowest BCUT2D eigenvalue weighted by Gasteiger charge is -2.08. The summed E-state index contributed by atoms with van der Waals surface area (Å²) in [5.41, 5.74) is 1.71. The third-order valence-corrected chi connectivity index (χ3v) is 3.66. The second-order valence-electron chi connectivity index (χ2n) is 5.39. The van der Waals surface area contributed by atoms with Gasteiger partial charge in [0.05, 0.1) is 6.54 Å². The van der Waals surface area contributed by atoms with Crippen molar-refractivity contribution in [1.82, 2.24) is 5.32 Å². The third kappa shape index (κ3) is 5.70. The molecule has 0 aliphatic heterocycles. The van der Waals surface area contributed by atoms with Crippen molar-refractivity contribution >= 4 is 23.3 Å². The maximum absolute atomic E-state index is 12.0. The smallest absolute Gasteiger partial charge is 0.258 e. The second kappa shape index (κ2) is 9.08. The number of nitrogens with one attached hydrogen (secondary N) is 1. The van der Waals surface area contributed by atoms with E-state index < -0.39 is 0 Å². The van der Waals surface area contributed by atoms with E-state index in [2.05, 4.69) is 12.2 Å². The molecule has 1 amide bonds. The third-order valence-electron chi connectivity index (χ3n) is 3.42. The molecular weight excluding hydrogens is 326 g/mol. The van der Waals surface area contributed by atoms with Gasteiger partial charge < -0.3 is 10.1 Å². The molecule has 2 rings (SSSR count). The summed E-state index contributed by atoms with van der Waals surface area (Å²) in [6.45, 7) is 1.91. The number of amides is 1. The number of ether oxygens (including phenoxy) is 1. The molecular formula is C19H20ClNO3. The van der Waals surface area contributed by atoms with Gasteiger partial charge in [-0.1, -0.05) is 49.2 Å². The molecule has 0 atom stereocenters. The second-order valence-corrected chi connectivity index (χ2v) is 5.83. The van der Waals surface area contributed by atoms with Gasteiger partial charge in [0.25, 0.3) is 5.91 Å². The molecule has 0 radical (unpaired) electrons. The molecule has 0 spiro atoms. The van der Waals surface area contributed by atoms with E-state index in [1.807, 2.05) is 24.3 Å². The predicted molar refractivity (Wildman–Crippen MR) is 94.7 cm³/mol. The Morgan fingerprint density at radius 2 is 1.88 bits per heavy atom. The standard InChI is InChI=1S/C19H20ClNO3/c1-2-4-14-7-9-17(10-8-14)24-13-19(23)21-12-18(22)15-5-3-6-16(20)11-15/h3,5-11H,2,4,12-13H2,1H3,(H,21,23). The van der Waals surface area contributed by atoms with Crippen molar-refractivity contribution in [2.45, 2.75) is 19.8 Å². The highest BCUT2D eigenvalue weighted by Crippen LogP contribution is 2.13.